The lowest BCUT2D eigenvalue weighted by Gasteiger charge is -2.15. The second kappa shape index (κ2) is 9.29. The predicted molar refractivity (Wildman–Crippen MR) is 163 cm³/mol. The number of methoxy groups -OCH3 is 1. The summed E-state index contributed by atoms with van der Waals surface area (Å²) in [7, 11) is 1.70. The Balaban J connectivity index is 1.52. The molecule has 3 aromatic heterocycles. The zero-order valence-corrected chi connectivity index (χ0v) is 22.9. The van der Waals surface area contributed by atoms with Gasteiger partial charge in [-0.3, -0.25) is 0 Å². The number of hydrogen-bond acceptors (Lipinski definition) is 3. The van der Waals surface area contributed by atoms with E-state index in [4.69, 9.17) is 9.72 Å². The van der Waals surface area contributed by atoms with Crippen molar-refractivity contribution in [3.8, 4) is 39.0 Å². The van der Waals surface area contributed by atoms with Gasteiger partial charge >= 0.3 is 0 Å². The lowest BCUT2D eigenvalue weighted by Crippen LogP contribution is -2.00. The molecule has 0 radical (unpaired) electrons. The predicted octanol–water partition coefficient (Wildman–Crippen LogP) is 8.99. The Morgan fingerprint density at radius 2 is 1.31 bits per heavy atom. The van der Waals surface area contributed by atoms with Gasteiger partial charge in [-0.1, -0.05) is 42.5 Å². The van der Waals surface area contributed by atoms with Crippen LogP contribution in [0, 0.1) is 13.8 Å². The topological polar surface area (TPSA) is 32.0 Å². The molecule has 190 valence electrons. The van der Waals surface area contributed by atoms with Crippen LogP contribution < -0.4 is 4.74 Å². The van der Waals surface area contributed by atoms with Gasteiger partial charge in [-0.25, -0.2) is 4.98 Å². The molecule has 5 heteroatoms. The molecule has 0 unspecified atom stereocenters. The molecular formula is C34H27N3OS. The number of nitrogens with zero attached hydrogens (tertiary/aromatic N) is 3. The number of ether oxygens (including phenoxy) is 1. The minimum atomic E-state index is 0.838. The van der Waals surface area contributed by atoms with Crippen molar-refractivity contribution in [1.29, 1.82) is 0 Å². The summed E-state index contributed by atoms with van der Waals surface area (Å²) in [5.74, 6) is 0.838. The van der Waals surface area contributed by atoms with Crippen LogP contribution in [0.2, 0.25) is 0 Å². The lowest BCUT2D eigenvalue weighted by molar-refractivity contribution is 0.415. The van der Waals surface area contributed by atoms with Gasteiger partial charge in [0.2, 0.25) is 0 Å². The number of rotatable bonds is 5. The van der Waals surface area contributed by atoms with E-state index in [0.29, 0.717) is 0 Å². The maximum absolute atomic E-state index is 5.46. The third kappa shape index (κ3) is 3.85. The smallest absolute Gasteiger partial charge is 0.127 e. The Bertz CT molecular complexity index is 1900. The van der Waals surface area contributed by atoms with E-state index in [-0.39, 0.29) is 0 Å². The van der Waals surface area contributed by atoms with Crippen molar-refractivity contribution >= 4 is 32.5 Å². The van der Waals surface area contributed by atoms with E-state index in [9.17, 15) is 0 Å². The number of hydrogen-bond donors (Lipinski definition) is 0. The first-order valence-corrected chi connectivity index (χ1v) is 13.8. The summed E-state index contributed by atoms with van der Waals surface area (Å²) in [4.78, 5) is 5.12. The van der Waals surface area contributed by atoms with Gasteiger partial charge in [0.1, 0.15) is 10.8 Å². The fraction of sp³-hybridized carbons (Fsp3) is 0.0882. The van der Waals surface area contributed by atoms with Gasteiger partial charge < -0.3 is 13.9 Å². The monoisotopic (exact) mass is 525 g/mol. The Morgan fingerprint density at radius 3 is 2.03 bits per heavy atom. The van der Waals surface area contributed by atoms with E-state index in [0.717, 1.165) is 50.0 Å². The van der Waals surface area contributed by atoms with Gasteiger partial charge in [-0.2, -0.15) is 0 Å². The van der Waals surface area contributed by atoms with Crippen LogP contribution in [0.4, 0.5) is 0 Å². The van der Waals surface area contributed by atoms with Crippen LogP contribution >= 0.6 is 11.3 Å². The van der Waals surface area contributed by atoms with Gasteiger partial charge in [-0.15, -0.1) is 11.3 Å². The van der Waals surface area contributed by atoms with Gasteiger partial charge in [0.25, 0.3) is 0 Å². The largest absolute Gasteiger partial charge is 0.497 e. The summed E-state index contributed by atoms with van der Waals surface area (Å²) in [5, 5.41) is 2.21. The van der Waals surface area contributed by atoms with Gasteiger partial charge in [0.15, 0.2) is 0 Å². The lowest BCUT2D eigenvalue weighted by atomic mass is 10.0. The van der Waals surface area contributed by atoms with Crippen molar-refractivity contribution in [3.05, 3.63) is 121 Å². The molecule has 0 aliphatic carbocycles. The number of fused-ring (bicyclic) bond motifs is 2. The fourth-order valence-electron chi connectivity index (χ4n) is 5.55. The van der Waals surface area contributed by atoms with Crippen LogP contribution in [-0.2, 0) is 0 Å². The number of aryl methyl sites for hydroxylation is 2. The molecule has 4 nitrogen and oxygen atoms in total. The number of aromatic nitrogens is 3. The maximum Gasteiger partial charge on any atom is 0.127 e. The minimum Gasteiger partial charge on any atom is -0.497 e. The first kappa shape index (κ1) is 23.5. The first-order valence-electron chi connectivity index (χ1n) is 13.0. The van der Waals surface area contributed by atoms with Crippen LogP contribution in [0.3, 0.4) is 0 Å². The molecular weight excluding hydrogens is 498 g/mol. The van der Waals surface area contributed by atoms with E-state index in [2.05, 4.69) is 120 Å². The quantitative estimate of drug-likeness (QED) is 0.225. The molecule has 0 atom stereocenters. The third-order valence-corrected chi connectivity index (χ3v) is 8.44. The molecule has 39 heavy (non-hydrogen) atoms. The van der Waals surface area contributed by atoms with Gasteiger partial charge in [-0.05, 0) is 86.1 Å². The van der Waals surface area contributed by atoms with Crippen molar-refractivity contribution in [3.63, 3.8) is 0 Å². The Kier molecular flexibility index (Phi) is 5.60. The number of para-hydroxylation sites is 2. The highest BCUT2D eigenvalue weighted by Gasteiger charge is 2.23. The summed E-state index contributed by atoms with van der Waals surface area (Å²) in [6, 6.07) is 38.5. The molecule has 0 fully saturated rings. The van der Waals surface area contributed by atoms with Crippen molar-refractivity contribution in [2.75, 3.05) is 7.11 Å². The Morgan fingerprint density at radius 1 is 0.667 bits per heavy atom. The Labute approximate surface area is 231 Å². The average molecular weight is 526 g/mol. The molecule has 0 saturated carbocycles. The number of thiazole rings is 1. The van der Waals surface area contributed by atoms with Crippen LogP contribution in [0.1, 0.15) is 11.4 Å². The third-order valence-electron chi connectivity index (χ3n) is 7.38. The average Bonchev–Trinajstić information content (AvgIpc) is 3.66. The second-order valence-corrected chi connectivity index (χ2v) is 10.8. The number of benzene rings is 4. The van der Waals surface area contributed by atoms with Crippen molar-refractivity contribution in [2.24, 2.45) is 0 Å². The van der Waals surface area contributed by atoms with Crippen LogP contribution in [0.25, 0.3) is 54.3 Å². The molecule has 0 aliphatic rings. The molecule has 7 rings (SSSR count). The Hall–Kier alpha value is -4.61. The highest BCUT2D eigenvalue weighted by Crippen LogP contribution is 2.45. The van der Waals surface area contributed by atoms with E-state index in [1.54, 1.807) is 18.4 Å². The molecule has 0 amide bonds. The van der Waals surface area contributed by atoms with Crippen molar-refractivity contribution in [2.45, 2.75) is 13.8 Å². The normalized spacial score (nSPS) is 11.5. The van der Waals surface area contributed by atoms with Crippen LogP contribution in [0.5, 0.6) is 5.75 Å². The minimum absolute atomic E-state index is 0.838. The van der Waals surface area contributed by atoms with Crippen LogP contribution in [0.15, 0.2) is 109 Å². The molecule has 0 N–H and O–H groups in total. The van der Waals surface area contributed by atoms with Gasteiger partial charge in [0.05, 0.1) is 28.5 Å². The molecule has 7 aromatic rings. The van der Waals surface area contributed by atoms with Crippen LogP contribution in [-0.4, -0.2) is 21.2 Å². The fourth-order valence-corrected chi connectivity index (χ4v) is 6.58. The zero-order valence-electron chi connectivity index (χ0n) is 22.1. The van der Waals surface area contributed by atoms with Crippen molar-refractivity contribution < 1.29 is 4.74 Å². The van der Waals surface area contributed by atoms with Gasteiger partial charge in [0, 0.05) is 33.7 Å². The molecule has 0 saturated heterocycles. The molecule has 3 heterocycles. The SMILES string of the molecule is COc1ccc(-n2c(-c3ccc(-n4c(C)ccc4C)cc3)c(-c3nc4ccccc4s3)c3ccccc32)cc1. The summed E-state index contributed by atoms with van der Waals surface area (Å²) in [5.41, 5.74) is 10.3. The molecule has 4 aromatic carbocycles. The van der Waals surface area contributed by atoms with E-state index in [1.165, 1.54) is 21.5 Å². The van der Waals surface area contributed by atoms with E-state index >= 15 is 0 Å². The summed E-state index contributed by atoms with van der Waals surface area (Å²) >= 11 is 1.75. The standard InChI is InChI=1S/C34H27N3OS/c1-22-12-13-23(2)36(22)25-16-14-24(15-17-25)33-32(34-35-29-9-5-7-11-31(29)39-34)28-8-4-6-10-30(28)37(33)26-18-20-27(38-3)21-19-26/h4-21H,1-3H3. The first-order chi connectivity index (χ1) is 19.1. The maximum atomic E-state index is 5.46. The van der Waals surface area contributed by atoms with Crippen molar-refractivity contribution in [1.82, 2.24) is 14.1 Å². The highest BCUT2D eigenvalue weighted by atomic mass is 32.1. The summed E-state index contributed by atoms with van der Waals surface area (Å²) in [6.07, 6.45) is 0. The summed E-state index contributed by atoms with van der Waals surface area (Å²) in [6.45, 7) is 4.29. The summed E-state index contributed by atoms with van der Waals surface area (Å²) < 4.78 is 11.3. The van der Waals surface area contributed by atoms with E-state index < -0.39 is 0 Å². The molecule has 0 aliphatic heterocycles. The second-order valence-electron chi connectivity index (χ2n) is 9.76. The molecule has 0 bridgehead atoms. The van der Waals surface area contributed by atoms with E-state index in [1.807, 2.05) is 12.1 Å². The molecule has 0 spiro atoms. The highest BCUT2D eigenvalue weighted by molar-refractivity contribution is 7.21. The zero-order chi connectivity index (χ0) is 26.5.